The summed E-state index contributed by atoms with van der Waals surface area (Å²) in [6.45, 7) is 2.20. The lowest BCUT2D eigenvalue weighted by Gasteiger charge is -1.90. The third kappa shape index (κ3) is 4.39. The summed E-state index contributed by atoms with van der Waals surface area (Å²) >= 11 is 0. The van der Waals surface area contributed by atoms with E-state index >= 15 is 0 Å². The average molecular weight is 105 g/mol. The highest BCUT2D eigenvalue weighted by molar-refractivity contribution is 7.35. The lowest BCUT2D eigenvalue weighted by atomic mass is 10.6. The molecular formula is C4H12NP. The summed E-state index contributed by atoms with van der Waals surface area (Å²) < 4.78 is 0. The summed E-state index contributed by atoms with van der Waals surface area (Å²) in [5, 5.41) is 3.10. The van der Waals surface area contributed by atoms with Gasteiger partial charge in [-0.25, -0.2) is 0 Å². The normalized spacial score (nSPS) is 11.0. The monoisotopic (exact) mass is 105 g/mol. The van der Waals surface area contributed by atoms with Crippen molar-refractivity contribution < 1.29 is 0 Å². The van der Waals surface area contributed by atoms with E-state index in [1.54, 1.807) is 0 Å². The van der Waals surface area contributed by atoms with E-state index in [4.69, 9.17) is 0 Å². The van der Waals surface area contributed by atoms with Gasteiger partial charge in [0, 0.05) is 0 Å². The van der Waals surface area contributed by atoms with Gasteiger partial charge in [-0.1, -0.05) is 22.1 Å². The predicted molar refractivity (Wildman–Crippen MR) is 32.5 cm³/mol. The zero-order chi connectivity index (χ0) is 4.83. The highest BCUT2D eigenvalue weighted by Crippen LogP contribution is 2.00. The molecule has 1 unspecified atom stereocenters. The molecule has 0 saturated carbocycles. The molecule has 0 spiro atoms. The minimum atomic E-state index is 0.965. The summed E-state index contributed by atoms with van der Waals surface area (Å²) in [5.74, 6) is 0. The summed E-state index contributed by atoms with van der Waals surface area (Å²) in [7, 11) is 2.96. The molecule has 0 amide bonds. The Labute approximate surface area is 41.4 Å². The highest BCUT2D eigenvalue weighted by atomic mass is 31.1. The first-order valence-corrected chi connectivity index (χ1v) is 3.52. The minimum Gasteiger partial charge on any atom is -0.301 e. The molecule has 0 aliphatic heterocycles. The summed E-state index contributed by atoms with van der Waals surface area (Å²) in [5.41, 5.74) is 0. The Morgan fingerprint density at radius 2 is 2.33 bits per heavy atom. The molecule has 0 fully saturated rings. The van der Waals surface area contributed by atoms with Crippen molar-refractivity contribution in [2.45, 2.75) is 13.3 Å². The first-order valence-electron chi connectivity index (χ1n) is 2.31. The molecule has 0 aromatic carbocycles. The van der Waals surface area contributed by atoms with E-state index in [0.29, 0.717) is 0 Å². The molecule has 0 radical (unpaired) electrons. The van der Waals surface area contributed by atoms with Gasteiger partial charge in [0.2, 0.25) is 0 Å². The van der Waals surface area contributed by atoms with Gasteiger partial charge in [0.05, 0.1) is 0 Å². The molecule has 0 aliphatic rings. The Bertz CT molecular complexity index is 19.5. The van der Waals surface area contributed by atoms with Crippen LogP contribution in [0.2, 0.25) is 0 Å². The first kappa shape index (κ1) is 6.39. The SMILES string of the molecule is CCCPNC. The maximum atomic E-state index is 3.10. The van der Waals surface area contributed by atoms with Crippen molar-refractivity contribution in [3.63, 3.8) is 0 Å². The number of hydrogen-bond donors (Lipinski definition) is 1. The van der Waals surface area contributed by atoms with Crippen molar-refractivity contribution in [1.82, 2.24) is 5.09 Å². The fourth-order valence-corrected chi connectivity index (χ4v) is 0.750. The second kappa shape index (κ2) is 5.39. The van der Waals surface area contributed by atoms with E-state index in [0.717, 1.165) is 8.73 Å². The Kier molecular flexibility index (Phi) is 5.74. The van der Waals surface area contributed by atoms with Gasteiger partial charge in [-0.3, -0.25) is 0 Å². The van der Waals surface area contributed by atoms with E-state index in [1.165, 1.54) is 12.6 Å². The van der Waals surface area contributed by atoms with Crippen LogP contribution in [0.15, 0.2) is 0 Å². The summed E-state index contributed by atoms with van der Waals surface area (Å²) in [6, 6.07) is 0. The molecule has 38 valence electrons. The molecular weight excluding hydrogens is 93.0 g/mol. The van der Waals surface area contributed by atoms with E-state index in [-0.39, 0.29) is 0 Å². The first-order chi connectivity index (χ1) is 2.91. The van der Waals surface area contributed by atoms with Crippen LogP contribution in [0.5, 0.6) is 0 Å². The van der Waals surface area contributed by atoms with Crippen LogP contribution in [0.25, 0.3) is 0 Å². The topological polar surface area (TPSA) is 12.0 Å². The molecule has 0 aliphatic carbocycles. The van der Waals surface area contributed by atoms with Crippen molar-refractivity contribution in [3.8, 4) is 0 Å². The highest BCUT2D eigenvalue weighted by Gasteiger charge is 1.72. The van der Waals surface area contributed by atoms with Crippen LogP contribution in [0, 0.1) is 0 Å². The number of rotatable bonds is 3. The van der Waals surface area contributed by atoms with E-state index in [2.05, 4.69) is 12.0 Å². The Hall–Kier alpha value is 0.390. The number of nitrogens with one attached hydrogen (secondary N) is 1. The van der Waals surface area contributed by atoms with Gasteiger partial charge < -0.3 is 5.09 Å². The molecule has 0 saturated heterocycles. The molecule has 0 heterocycles. The van der Waals surface area contributed by atoms with Gasteiger partial charge in [-0.15, -0.1) is 0 Å². The van der Waals surface area contributed by atoms with Crippen molar-refractivity contribution in [2.75, 3.05) is 13.2 Å². The third-order valence-corrected chi connectivity index (χ3v) is 1.66. The van der Waals surface area contributed by atoms with Gasteiger partial charge in [-0.05, 0) is 13.2 Å². The number of hydrogen-bond acceptors (Lipinski definition) is 1. The van der Waals surface area contributed by atoms with Crippen molar-refractivity contribution in [1.29, 1.82) is 0 Å². The maximum absolute atomic E-state index is 3.10. The van der Waals surface area contributed by atoms with Gasteiger partial charge in [0.25, 0.3) is 0 Å². The zero-order valence-corrected chi connectivity index (χ0v) is 5.41. The molecule has 0 rings (SSSR count). The zero-order valence-electron chi connectivity index (χ0n) is 4.41. The third-order valence-electron chi connectivity index (χ3n) is 0.552. The Balaban J connectivity index is 2.34. The lowest BCUT2D eigenvalue weighted by Crippen LogP contribution is -1.88. The molecule has 0 aromatic heterocycles. The quantitative estimate of drug-likeness (QED) is 0.420. The Morgan fingerprint density at radius 1 is 1.67 bits per heavy atom. The minimum absolute atomic E-state index is 0.965. The summed E-state index contributed by atoms with van der Waals surface area (Å²) in [4.78, 5) is 0. The fourth-order valence-electron chi connectivity index (χ4n) is 0.250. The van der Waals surface area contributed by atoms with Gasteiger partial charge in [0.15, 0.2) is 0 Å². The second-order valence-corrected chi connectivity index (χ2v) is 2.53. The molecule has 6 heavy (non-hydrogen) atoms. The predicted octanol–water partition coefficient (Wildman–Crippen LogP) is 1.21. The Morgan fingerprint density at radius 3 is 2.50 bits per heavy atom. The van der Waals surface area contributed by atoms with Crippen LogP contribution in [-0.4, -0.2) is 13.2 Å². The summed E-state index contributed by atoms with van der Waals surface area (Å²) in [6.07, 6.45) is 2.63. The second-order valence-electron chi connectivity index (χ2n) is 1.18. The van der Waals surface area contributed by atoms with E-state index in [1.807, 2.05) is 7.05 Å². The van der Waals surface area contributed by atoms with E-state index < -0.39 is 0 Å². The molecule has 0 bridgehead atoms. The van der Waals surface area contributed by atoms with Crippen molar-refractivity contribution in [3.05, 3.63) is 0 Å². The fraction of sp³-hybridized carbons (Fsp3) is 1.00. The smallest absolute Gasteiger partial charge is 0.0127 e. The lowest BCUT2D eigenvalue weighted by molar-refractivity contribution is 1.09. The van der Waals surface area contributed by atoms with Gasteiger partial charge in [-0.2, -0.15) is 0 Å². The van der Waals surface area contributed by atoms with Crippen LogP contribution < -0.4 is 5.09 Å². The van der Waals surface area contributed by atoms with E-state index in [9.17, 15) is 0 Å². The molecule has 1 nitrogen and oxygen atoms in total. The van der Waals surface area contributed by atoms with Crippen LogP contribution in [0.3, 0.4) is 0 Å². The molecule has 1 atom stereocenters. The van der Waals surface area contributed by atoms with Crippen molar-refractivity contribution >= 4 is 8.73 Å². The van der Waals surface area contributed by atoms with Gasteiger partial charge in [0.1, 0.15) is 0 Å². The maximum Gasteiger partial charge on any atom is -0.0127 e. The van der Waals surface area contributed by atoms with Crippen LogP contribution in [0.4, 0.5) is 0 Å². The standard InChI is InChI=1S/C4H12NP/c1-3-4-6-5-2/h5-6H,3-4H2,1-2H3. The van der Waals surface area contributed by atoms with Crippen LogP contribution in [0.1, 0.15) is 13.3 Å². The largest absolute Gasteiger partial charge is 0.301 e. The van der Waals surface area contributed by atoms with Crippen molar-refractivity contribution in [2.24, 2.45) is 0 Å². The van der Waals surface area contributed by atoms with Crippen LogP contribution >= 0.6 is 8.73 Å². The molecule has 0 aromatic rings. The van der Waals surface area contributed by atoms with Crippen LogP contribution in [-0.2, 0) is 0 Å². The average Bonchev–Trinajstić information content (AvgIpc) is 1.61. The molecule has 1 N–H and O–H groups in total. The molecule has 2 heteroatoms. The van der Waals surface area contributed by atoms with Gasteiger partial charge >= 0.3 is 0 Å².